The topological polar surface area (TPSA) is 58.2 Å². The molecule has 0 aromatic heterocycles. The van der Waals surface area contributed by atoms with E-state index >= 15 is 0 Å². The van der Waals surface area contributed by atoms with Crippen LogP contribution in [0.15, 0.2) is 24.3 Å². The predicted octanol–water partition coefficient (Wildman–Crippen LogP) is 2.24. The Bertz CT molecular complexity index is 498. The van der Waals surface area contributed by atoms with Gasteiger partial charge in [0.25, 0.3) is 0 Å². The minimum atomic E-state index is -4.46. The molecule has 0 aliphatic carbocycles. The number of aryl methyl sites for hydroxylation is 1. The highest BCUT2D eigenvalue weighted by Gasteiger charge is 2.28. The van der Waals surface area contributed by atoms with Crippen LogP contribution in [0.3, 0.4) is 0 Å². The summed E-state index contributed by atoms with van der Waals surface area (Å²) in [7, 11) is 0. The van der Waals surface area contributed by atoms with E-state index in [1.807, 2.05) is 6.92 Å². The number of amides is 2. The number of benzene rings is 1. The van der Waals surface area contributed by atoms with Gasteiger partial charge in [-0.2, -0.15) is 13.2 Å². The van der Waals surface area contributed by atoms with E-state index in [4.69, 9.17) is 0 Å². The summed E-state index contributed by atoms with van der Waals surface area (Å²) >= 11 is 0. The molecule has 1 unspecified atom stereocenters. The van der Waals surface area contributed by atoms with Crippen LogP contribution < -0.4 is 10.6 Å². The first-order chi connectivity index (χ1) is 9.67. The van der Waals surface area contributed by atoms with Crippen molar-refractivity contribution in [3.05, 3.63) is 35.4 Å². The monoisotopic (exact) mass is 302 g/mol. The van der Waals surface area contributed by atoms with E-state index in [2.05, 4.69) is 5.32 Å². The fourth-order valence-corrected chi connectivity index (χ4v) is 1.75. The number of rotatable bonds is 5. The molecular weight excluding hydrogens is 285 g/mol. The van der Waals surface area contributed by atoms with Gasteiger partial charge in [0.15, 0.2) is 0 Å². The van der Waals surface area contributed by atoms with Gasteiger partial charge in [0.2, 0.25) is 11.8 Å². The molecule has 0 fully saturated rings. The van der Waals surface area contributed by atoms with Crippen molar-refractivity contribution < 1.29 is 22.8 Å². The number of carbonyl (C=O) groups excluding carboxylic acids is 2. The Balaban J connectivity index is 2.72. The van der Waals surface area contributed by atoms with Crippen molar-refractivity contribution >= 4 is 11.8 Å². The molecule has 21 heavy (non-hydrogen) atoms. The zero-order chi connectivity index (χ0) is 16.0. The summed E-state index contributed by atoms with van der Waals surface area (Å²) in [5.41, 5.74) is 1.67. The van der Waals surface area contributed by atoms with Crippen molar-refractivity contribution in [3.8, 4) is 0 Å². The van der Waals surface area contributed by atoms with Crippen LogP contribution in [-0.4, -0.2) is 24.5 Å². The molecular formula is C14H17F3N2O2. The molecule has 0 bridgehead atoms. The van der Waals surface area contributed by atoms with E-state index in [9.17, 15) is 22.8 Å². The van der Waals surface area contributed by atoms with E-state index in [-0.39, 0.29) is 12.3 Å². The van der Waals surface area contributed by atoms with E-state index in [0.29, 0.717) is 5.56 Å². The Hall–Kier alpha value is -2.05. The highest BCUT2D eigenvalue weighted by Crippen LogP contribution is 2.18. The lowest BCUT2D eigenvalue weighted by molar-refractivity contribution is -0.138. The van der Waals surface area contributed by atoms with Crippen molar-refractivity contribution in [1.29, 1.82) is 0 Å². The second kappa shape index (κ2) is 7.10. The molecule has 0 aliphatic rings. The summed E-state index contributed by atoms with van der Waals surface area (Å²) in [6.45, 7) is 1.79. The fourth-order valence-electron chi connectivity index (χ4n) is 1.75. The Kier molecular flexibility index (Phi) is 5.75. The predicted molar refractivity (Wildman–Crippen MR) is 71.4 cm³/mol. The normalized spacial score (nSPS) is 12.6. The largest absolute Gasteiger partial charge is 0.405 e. The van der Waals surface area contributed by atoms with Gasteiger partial charge in [-0.05, 0) is 12.5 Å². The second-order valence-electron chi connectivity index (χ2n) is 4.76. The SMILES string of the molecule is CC(=O)NC(CC(=O)NCC(F)(F)F)c1ccc(C)cc1. The lowest BCUT2D eigenvalue weighted by Crippen LogP contribution is -2.37. The first kappa shape index (κ1) is 17.0. The van der Waals surface area contributed by atoms with Gasteiger partial charge in [-0.25, -0.2) is 0 Å². The van der Waals surface area contributed by atoms with Crippen molar-refractivity contribution in [1.82, 2.24) is 10.6 Å². The fraction of sp³-hybridized carbons (Fsp3) is 0.429. The number of carbonyl (C=O) groups is 2. The number of hydrogen-bond donors (Lipinski definition) is 2. The minimum absolute atomic E-state index is 0.251. The molecule has 0 radical (unpaired) electrons. The van der Waals surface area contributed by atoms with E-state index < -0.39 is 24.7 Å². The van der Waals surface area contributed by atoms with Gasteiger partial charge in [0.1, 0.15) is 6.54 Å². The van der Waals surface area contributed by atoms with Crippen molar-refractivity contribution in [2.75, 3.05) is 6.54 Å². The third-order valence-electron chi connectivity index (χ3n) is 2.73. The average molecular weight is 302 g/mol. The van der Waals surface area contributed by atoms with Crippen LogP contribution in [0.25, 0.3) is 0 Å². The maximum absolute atomic E-state index is 12.0. The van der Waals surface area contributed by atoms with Crippen LogP contribution >= 0.6 is 0 Å². The lowest BCUT2D eigenvalue weighted by atomic mass is 10.0. The van der Waals surface area contributed by atoms with Gasteiger partial charge in [0.05, 0.1) is 12.5 Å². The number of nitrogens with one attached hydrogen (secondary N) is 2. The Morgan fingerprint density at radius 1 is 1.19 bits per heavy atom. The molecule has 7 heteroatoms. The quantitative estimate of drug-likeness (QED) is 0.876. The average Bonchev–Trinajstić information content (AvgIpc) is 2.35. The van der Waals surface area contributed by atoms with Gasteiger partial charge in [-0.15, -0.1) is 0 Å². The van der Waals surface area contributed by atoms with Crippen LogP contribution in [0.5, 0.6) is 0 Å². The van der Waals surface area contributed by atoms with Gasteiger partial charge < -0.3 is 10.6 Å². The maximum Gasteiger partial charge on any atom is 0.405 e. The van der Waals surface area contributed by atoms with E-state index in [1.54, 1.807) is 29.6 Å². The first-order valence-electron chi connectivity index (χ1n) is 6.34. The summed E-state index contributed by atoms with van der Waals surface area (Å²) in [5, 5.41) is 4.35. The molecule has 0 saturated heterocycles. The van der Waals surface area contributed by atoms with Crippen LogP contribution in [0, 0.1) is 6.92 Å². The molecule has 0 heterocycles. The minimum Gasteiger partial charge on any atom is -0.349 e. The Labute approximate surface area is 120 Å². The summed E-state index contributed by atoms with van der Waals surface area (Å²) in [6.07, 6.45) is -4.71. The highest BCUT2D eigenvalue weighted by molar-refractivity contribution is 5.79. The van der Waals surface area contributed by atoms with Crippen LogP contribution in [0.2, 0.25) is 0 Å². The molecule has 1 atom stereocenters. The number of alkyl halides is 3. The summed E-state index contributed by atoms with van der Waals surface area (Å²) in [5.74, 6) is -1.13. The van der Waals surface area contributed by atoms with Gasteiger partial charge in [-0.1, -0.05) is 29.8 Å². The number of hydrogen-bond acceptors (Lipinski definition) is 2. The molecule has 2 N–H and O–H groups in total. The van der Waals surface area contributed by atoms with Crippen LogP contribution in [-0.2, 0) is 9.59 Å². The van der Waals surface area contributed by atoms with Gasteiger partial charge >= 0.3 is 6.18 Å². The van der Waals surface area contributed by atoms with Crippen molar-refractivity contribution in [2.45, 2.75) is 32.5 Å². The smallest absolute Gasteiger partial charge is 0.349 e. The van der Waals surface area contributed by atoms with Gasteiger partial charge in [0, 0.05) is 6.92 Å². The van der Waals surface area contributed by atoms with Crippen LogP contribution in [0.1, 0.15) is 30.5 Å². The molecule has 116 valence electrons. The highest BCUT2D eigenvalue weighted by atomic mass is 19.4. The molecule has 4 nitrogen and oxygen atoms in total. The summed E-state index contributed by atoms with van der Waals surface area (Å²) in [4.78, 5) is 22.7. The van der Waals surface area contributed by atoms with E-state index in [0.717, 1.165) is 5.56 Å². The second-order valence-corrected chi connectivity index (χ2v) is 4.76. The molecule has 0 saturated carbocycles. The number of halogens is 3. The summed E-state index contributed by atoms with van der Waals surface area (Å²) in [6, 6.07) is 6.41. The molecule has 1 rings (SSSR count). The Morgan fingerprint density at radius 2 is 1.76 bits per heavy atom. The third-order valence-corrected chi connectivity index (χ3v) is 2.73. The van der Waals surface area contributed by atoms with Crippen LogP contribution in [0.4, 0.5) is 13.2 Å². The molecule has 0 spiro atoms. The lowest BCUT2D eigenvalue weighted by Gasteiger charge is -2.18. The molecule has 0 aliphatic heterocycles. The first-order valence-corrected chi connectivity index (χ1v) is 6.34. The molecule has 1 aromatic rings. The Morgan fingerprint density at radius 3 is 2.24 bits per heavy atom. The van der Waals surface area contributed by atoms with Gasteiger partial charge in [-0.3, -0.25) is 9.59 Å². The van der Waals surface area contributed by atoms with Crippen molar-refractivity contribution in [2.24, 2.45) is 0 Å². The maximum atomic E-state index is 12.0. The summed E-state index contributed by atoms with van der Waals surface area (Å²) < 4.78 is 36.1. The zero-order valence-corrected chi connectivity index (χ0v) is 11.8. The van der Waals surface area contributed by atoms with E-state index in [1.165, 1.54) is 6.92 Å². The third kappa shape index (κ3) is 6.78. The molecule has 1 aromatic carbocycles. The van der Waals surface area contributed by atoms with Crippen molar-refractivity contribution in [3.63, 3.8) is 0 Å². The molecule has 2 amide bonds. The standard InChI is InChI=1S/C14H17F3N2O2/c1-9-3-5-11(6-4-9)12(19-10(2)20)7-13(21)18-8-14(15,16)17/h3-6,12H,7-8H2,1-2H3,(H,18,21)(H,19,20). The zero-order valence-electron chi connectivity index (χ0n) is 11.8.